The first-order valence-electron chi connectivity index (χ1n) is 7.55. The molecule has 0 saturated carbocycles. The number of carbonyl (C=O) groups is 2. The van der Waals surface area contributed by atoms with E-state index in [4.69, 9.17) is 0 Å². The maximum Gasteiger partial charge on any atom is 0.544 e. The Labute approximate surface area is 162 Å². The Hall–Kier alpha value is -2.08. The summed E-state index contributed by atoms with van der Waals surface area (Å²) in [5, 5.41) is 5.68. The van der Waals surface area contributed by atoms with Crippen molar-refractivity contribution in [1.29, 1.82) is 0 Å². The van der Waals surface area contributed by atoms with Crippen LogP contribution in [0.3, 0.4) is 0 Å². The molecule has 0 unspecified atom stereocenters. The molecule has 0 aromatic heterocycles. The minimum Gasteiger partial charge on any atom is -0.292 e. The molecule has 1 aliphatic heterocycles. The quantitative estimate of drug-likeness (QED) is 0.484. The fraction of sp³-hybridized carbons (Fsp3) is 0.167. The summed E-state index contributed by atoms with van der Waals surface area (Å²) in [6.07, 6.45) is 2.78. The molecule has 0 saturated heterocycles. The van der Waals surface area contributed by atoms with Crippen molar-refractivity contribution in [3.05, 3.63) is 68.6 Å². The van der Waals surface area contributed by atoms with Crippen molar-refractivity contribution >= 4 is 49.8 Å². The van der Waals surface area contributed by atoms with Gasteiger partial charge in [-0.05, 0) is 24.3 Å². The van der Waals surface area contributed by atoms with E-state index in [2.05, 4.69) is 43.3 Å². The van der Waals surface area contributed by atoms with Crippen LogP contribution >= 0.6 is 31.9 Å². The van der Waals surface area contributed by atoms with E-state index in [1.54, 1.807) is 34.2 Å². The lowest BCUT2D eigenvalue weighted by Crippen LogP contribution is -2.33. The number of nitrogens with zero attached hydrogens (tertiary/aromatic N) is 3. The van der Waals surface area contributed by atoms with Gasteiger partial charge >= 0.3 is 6.34 Å². The topological polar surface area (TPSA) is 53.0 Å². The first kappa shape index (κ1) is 17.7. The lowest BCUT2D eigenvalue weighted by molar-refractivity contribution is 0.0905. The SMILES string of the molecule is O=C(CN1[C+]=NN(CC(=O)c2ccc(Br)cc2)C1)c1ccc(Br)cc1. The van der Waals surface area contributed by atoms with E-state index in [1.807, 2.05) is 24.3 Å². The van der Waals surface area contributed by atoms with Gasteiger partial charge in [-0.25, -0.2) is 5.01 Å². The molecule has 0 N–H and O–H groups in total. The molecule has 3 rings (SSSR count). The van der Waals surface area contributed by atoms with Gasteiger partial charge in [0.05, 0.1) is 0 Å². The Bertz CT molecular complexity index is 737. The Balaban J connectivity index is 1.52. The third kappa shape index (κ3) is 4.72. The minimum absolute atomic E-state index is 0.0173. The molecular weight excluding hydrogens is 450 g/mol. The average molecular weight is 464 g/mol. The normalized spacial score (nSPS) is 13.0. The standard InChI is InChI=1S/C18H14Br2N3O2/c19-15-5-1-13(2-6-15)17(24)9-22-11-21-23(12-22)10-18(25)14-3-7-16(20)8-4-14/h1-8H,9-10,12H2/q+1. The summed E-state index contributed by atoms with van der Waals surface area (Å²) < 4.78 is 1.85. The number of hydrogen-bond donors (Lipinski definition) is 0. The third-order valence-corrected chi connectivity index (χ3v) is 4.71. The minimum atomic E-state index is -0.0286. The molecule has 5 nitrogen and oxygen atoms in total. The second kappa shape index (κ2) is 7.87. The fourth-order valence-electron chi connectivity index (χ4n) is 2.35. The van der Waals surface area contributed by atoms with Gasteiger partial charge in [0, 0.05) is 20.1 Å². The molecule has 0 aliphatic carbocycles. The van der Waals surface area contributed by atoms with Crippen LogP contribution < -0.4 is 0 Å². The average Bonchev–Trinajstić information content (AvgIpc) is 3.02. The largest absolute Gasteiger partial charge is 0.544 e. The molecule has 0 radical (unpaired) electrons. The molecule has 126 valence electrons. The highest BCUT2D eigenvalue weighted by molar-refractivity contribution is 9.10. The Kier molecular flexibility index (Phi) is 5.58. The zero-order chi connectivity index (χ0) is 17.8. The molecule has 0 spiro atoms. The van der Waals surface area contributed by atoms with Crippen molar-refractivity contribution in [2.75, 3.05) is 19.8 Å². The van der Waals surface area contributed by atoms with E-state index < -0.39 is 0 Å². The smallest absolute Gasteiger partial charge is 0.292 e. The number of ketones is 2. The molecule has 0 bridgehead atoms. The van der Waals surface area contributed by atoms with E-state index in [0.717, 1.165) is 8.95 Å². The van der Waals surface area contributed by atoms with Crippen molar-refractivity contribution < 1.29 is 9.59 Å². The molecule has 2 aromatic rings. The number of rotatable bonds is 6. The van der Waals surface area contributed by atoms with Crippen LogP contribution in [0.25, 0.3) is 0 Å². The van der Waals surface area contributed by atoms with E-state index >= 15 is 0 Å². The summed E-state index contributed by atoms with van der Waals surface area (Å²) in [5.41, 5.74) is 1.26. The molecular formula is C18H14Br2N3O2+. The van der Waals surface area contributed by atoms with Gasteiger partial charge in [0.15, 0.2) is 18.2 Å². The molecule has 7 heteroatoms. The summed E-state index contributed by atoms with van der Waals surface area (Å²) in [6, 6.07) is 14.4. The maximum atomic E-state index is 12.3. The van der Waals surface area contributed by atoms with Crippen molar-refractivity contribution in [2.24, 2.45) is 5.10 Å². The van der Waals surface area contributed by atoms with Crippen LogP contribution in [0.5, 0.6) is 0 Å². The number of carbonyl (C=O) groups excluding carboxylic acids is 2. The highest BCUT2D eigenvalue weighted by atomic mass is 79.9. The number of hydrogen-bond acceptors (Lipinski definition) is 5. The van der Waals surface area contributed by atoms with E-state index in [0.29, 0.717) is 17.8 Å². The molecule has 0 fully saturated rings. The number of hydrazone groups is 1. The van der Waals surface area contributed by atoms with Gasteiger partial charge in [0.2, 0.25) is 0 Å². The second-order valence-electron chi connectivity index (χ2n) is 5.56. The summed E-state index contributed by atoms with van der Waals surface area (Å²) >= 11 is 6.69. The van der Waals surface area contributed by atoms with Gasteiger partial charge in [-0.2, -0.15) is 0 Å². The number of Topliss-reactive ketones (excluding diaryl/α,β-unsaturated/α-hetero) is 2. The maximum absolute atomic E-state index is 12.3. The predicted octanol–water partition coefficient (Wildman–Crippen LogP) is 3.67. The van der Waals surface area contributed by atoms with Crippen molar-refractivity contribution in [3.8, 4) is 0 Å². The van der Waals surface area contributed by atoms with Crippen LogP contribution in [0.1, 0.15) is 20.7 Å². The third-order valence-electron chi connectivity index (χ3n) is 3.65. The zero-order valence-electron chi connectivity index (χ0n) is 13.2. The first-order chi connectivity index (χ1) is 12.0. The van der Waals surface area contributed by atoms with Gasteiger partial charge in [0.25, 0.3) is 0 Å². The van der Waals surface area contributed by atoms with Crippen LogP contribution in [-0.4, -0.2) is 47.6 Å². The van der Waals surface area contributed by atoms with Crippen LogP contribution in [-0.2, 0) is 0 Å². The van der Waals surface area contributed by atoms with Crippen LogP contribution in [0.15, 0.2) is 62.6 Å². The van der Waals surface area contributed by atoms with Gasteiger partial charge < -0.3 is 0 Å². The van der Waals surface area contributed by atoms with Crippen molar-refractivity contribution in [1.82, 2.24) is 9.91 Å². The highest BCUT2D eigenvalue weighted by Crippen LogP contribution is 2.14. The van der Waals surface area contributed by atoms with Gasteiger partial charge in [-0.3, -0.25) is 9.59 Å². The molecule has 0 atom stereocenters. The monoisotopic (exact) mass is 462 g/mol. The van der Waals surface area contributed by atoms with Crippen LogP contribution in [0.4, 0.5) is 0 Å². The van der Waals surface area contributed by atoms with Crippen molar-refractivity contribution in [2.45, 2.75) is 0 Å². The number of halogens is 2. The first-order valence-corrected chi connectivity index (χ1v) is 9.13. The Morgan fingerprint density at radius 3 is 1.88 bits per heavy atom. The van der Waals surface area contributed by atoms with Gasteiger partial charge in [-0.1, -0.05) is 56.1 Å². The van der Waals surface area contributed by atoms with Gasteiger partial charge in [0.1, 0.15) is 18.2 Å². The van der Waals surface area contributed by atoms with E-state index in [-0.39, 0.29) is 24.7 Å². The molecule has 0 amide bonds. The lowest BCUT2D eigenvalue weighted by atomic mass is 10.1. The Morgan fingerprint density at radius 2 is 1.36 bits per heavy atom. The summed E-state index contributed by atoms with van der Waals surface area (Å²) in [6.45, 7) is 0.691. The van der Waals surface area contributed by atoms with Crippen molar-refractivity contribution in [3.63, 3.8) is 0 Å². The zero-order valence-corrected chi connectivity index (χ0v) is 16.3. The van der Waals surface area contributed by atoms with Crippen LogP contribution in [0.2, 0.25) is 0 Å². The lowest BCUT2D eigenvalue weighted by Gasteiger charge is -2.10. The predicted molar refractivity (Wildman–Crippen MR) is 103 cm³/mol. The summed E-state index contributed by atoms with van der Waals surface area (Å²) in [7, 11) is 0. The van der Waals surface area contributed by atoms with E-state index in [9.17, 15) is 9.59 Å². The molecule has 2 aromatic carbocycles. The molecule has 1 aliphatic rings. The van der Waals surface area contributed by atoms with Gasteiger partial charge in [-0.15, -0.1) is 4.90 Å². The summed E-state index contributed by atoms with van der Waals surface area (Å²) in [5.74, 6) is -0.0459. The van der Waals surface area contributed by atoms with Crippen LogP contribution in [0, 0.1) is 0 Å². The summed E-state index contributed by atoms with van der Waals surface area (Å²) in [4.78, 5) is 26.2. The molecule has 25 heavy (non-hydrogen) atoms. The highest BCUT2D eigenvalue weighted by Gasteiger charge is 2.31. The Morgan fingerprint density at radius 1 is 0.880 bits per heavy atom. The number of benzene rings is 2. The second-order valence-corrected chi connectivity index (χ2v) is 7.40. The molecule has 1 heterocycles. The fourth-order valence-corrected chi connectivity index (χ4v) is 2.88. The van der Waals surface area contributed by atoms with E-state index in [1.165, 1.54) is 0 Å².